The summed E-state index contributed by atoms with van der Waals surface area (Å²) in [4.78, 5) is 11.0. The molecule has 0 saturated carbocycles. The number of rotatable bonds is 4. The van der Waals surface area contributed by atoms with Crippen molar-refractivity contribution in [1.29, 1.82) is 0 Å². The molecular formula is C17H22ClN5O. The van der Waals surface area contributed by atoms with Crippen LogP contribution in [0, 0.1) is 0 Å². The summed E-state index contributed by atoms with van der Waals surface area (Å²) in [6.07, 6.45) is 5.49. The minimum absolute atomic E-state index is 0.539. The van der Waals surface area contributed by atoms with Gasteiger partial charge in [0.1, 0.15) is 0 Å². The van der Waals surface area contributed by atoms with Crippen LogP contribution < -0.4 is 5.73 Å². The van der Waals surface area contributed by atoms with E-state index < -0.39 is 0 Å². The molecule has 6 nitrogen and oxygen atoms in total. The first-order chi connectivity index (χ1) is 11.7. The predicted molar refractivity (Wildman–Crippen MR) is 95.0 cm³/mol. The molecule has 1 aliphatic rings. The maximum Gasteiger partial charge on any atom is 0.228 e. The second-order valence-corrected chi connectivity index (χ2v) is 6.35. The maximum absolute atomic E-state index is 6.09. The Morgan fingerprint density at radius 1 is 1.25 bits per heavy atom. The van der Waals surface area contributed by atoms with Gasteiger partial charge < -0.3 is 15.2 Å². The van der Waals surface area contributed by atoms with Gasteiger partial charge in [-0.25, -0.2) is 0 Å². The molecule has 0 amide bonds. The van der Waals surface area contributed by atoms with Crippen LogP contribution in [-0.4, -0.2) is 40.6 Å². The topological polar surface area (TPSA) is 80.5 Å². The minimum Gasteiger partial charge on any atom is -0.370 e. The van der Waals surface area contributed by atoms with Gasteiger partial charge >= 0.3 is 0 Å². The highest BCUT2D eigenvalue weighted by molar-refractivity contribution is 6.30. The van der Waals surface area contributed by atoms with Crippen molar-refractivity contribution in [2.75, 3.05) is 19.6 Å². The van der Waals surface area contributed by atoms with E-state index in [0.29, 0.717) is 35.7 Å². The van der Waals surface area contributed by atoms with Gasteiger partial charge in [0.25, 0.3) is 0 Å². The highest BCUT2D eigenvalue weighted by atomic mass is 35.5. The monoisotopic (exact) mass is 347 g/mol. The normalized spacial score (nSPS) is 16.2. The van der Waals surface area contributed by atoms with E-state index in [1.54, 1.807) is 0 Å². The van der Waals surface area contributed by atoms with Crippen molar-refractivity contribution in [3.63, 3.8) is 0 Å². The first-order valence-electron chi connectivity index (χ1n) is 8.36. The third kappa shape index (κ3) is 4.47. The molecule has 2 aromatic rings. The fourth-order valence-corrected chi connectivity index (χ4v) is 2.96. The molecule has 24 heavy (non-hydrogen) atoms. The molecule has 0 aliphatic carbocycles. The summed E-state index contributed by atoms with van der Waals surface area (Å²) in [6.45, 7) is 2.53. The van der Waals surface area contributed by atoms with E-state index in [4.69, 9.17) is 21.9 Å². The van der Waals surface area contributed by atoms with Gasteiger partial charge in [-0.05, 0) is 25.0 Å². The van der Waals surface area contributed by atoms with Crippen LogP contribution in [0.2, 0.25) is 5.02 Å². The quantitative estimate of drug-likeness (QED) is 0.678. The van der Waals surface area contributed by atoms with Crippen molar-refractivity contribution in [2.24, 2.45) is 10.7 Å². The summed E-state index contributed by atoms with van der Waals surface area (Å²) in [7, 11) is 0. The third-order valence-electron chi connectivity index (χ3n) is 4.08. The molecule has 0 spiro atoms. The summed E-state index contributed by atoms with van der Waals surface area (Å²) in [5, 5.41) is 4.64. The van der Waals surface area contributed by atoms with Crippen LogP contribution in [0.4, 0.5) is 0 Å². The van der Waals surface area contributed by atoms with E-state index in [9.17, 15) is 0 Å². The Kier molecular flexibility index (Phi) is 5.69. The number of guanidine groups is 1. The SMILES string of the molecule is NC(=NCCc1nc(-c2cccc(Cl)c2)no1)N1CCCCCC1. The number of benzene rings is 1. The lowest BCUT2D eigenvalue weighted by molar-refractivity contribution is 0.379. The van der Waals surface area contributed by atoms with Crippen LogP contribution in [0.5, 0.6) is 0 Å². The molecule has 0 atom stereocenters. The lowest BCUT2D eigenvalue weighted by Crippen LogP contribution is -2.38. The van der Waals surface area contributed by atoms with Gasteiger partial charge in [-0.15, -0.1) is 0 Å². The average Bonchev–Trinajstić information content (AvgIpc) is 2.88. The second kappa shape index (κ2) is 8.15. The molecule has 1 aromatic carbocycles. The lowest BCUT2D eigenvalue weighted by atomic mass is 10.2. The number of halogens is 1. The van der Waals surface area contributed by atoms with Gasteiger partial charge in [-0.1, -0.05) is 41.7 Å². The Morgan fingerprint density at radius 2 is 2.04 bits per heavy atom. The summed E-state index contributed by atoms with van der Waals surface area (Å²) in [5.41, 5.74) is 6.93. The Labute approximate surface area is 146 Å². The Bertz CT molecular complexity index is 692. The highest BCUT2D eigenvalue weighted by Crippen LogP contribution is 2.20. The van der Waals surface area contributed by atoms with E-state index in [2.05, 4.69) is 20.0 Å². The zero-order valence-electron chi connectivity index (χ0n) is 13.6. The van der Waals surface area contributed by atoms with E-state index in [1.165, 1.54) is 25.7 Å². The first-order valence-corrected chi connectivity index (χ1v) is 8.73. The van der Waals surface area contributed by atoms with Gasteiger partial charge in [0.15, 0.2) is 5.96 Å². The number of nitrogens with zero attached hydrogens (tertiary/aromatic N) is 4. The van der Waals surface area contributed by atoms with Crippen LogP contribution in [-0.2, 0) is 6.42 Å². The number of aliphatic imine (C=N–C) groups is 1. The number of aromatic nitrogens is 2. The fraction of sp³-hybridized carbons (Fsp3) is 0.471. The van der Waals surface area contributed by atoms with E-state index in [-0.39, 0.29) is 0 Å². The smallest absolute Gasteiger partial charge is 0.228 e. The number of nitrogens with two attached hydrogens (primary N) is 1. The van der Waals surface area contributed by atoms with Crippen molar-refractivity contribution in [3.05, 3.63) is 35.2 Å². The van der Waals surface area contributed by atoms with E-state index >= 15 is 0 Å². The number of likely N-dealkylation sites (tertiary alicyclic amines) is 1. The fourth-order valence-electron chi connectivity index (χ4n) is 2.77. The molecule has 1 fully saturated rings. The highest BCUT2D eigenvalue weighted by Gasteiger charge is 2.12. The summed E-state index contributed by atoms with van der Waals surface area (Å²) in [5.74, 6) is 1.71. The van der Waals surface area contributed by atoms with Crippen molar-refractivity contribution >= 4 is 17.6 Å². The molecule has 0 bridgehead atoms. The summed E-state index contributed by atoms with van der Waals surface area (Å²) in [6, 6.07) is 7.38. The zero-order chi connectivity index (χ0) is 16.8. The number of hydrogen-bond donors (Lipinski definition) is 1. The van der Waals surface area contributed by atoms with Crippen LogP contribution in [0.1, 0.15) is 31.6 Å². The molecule has 0 unspecified atom stereocenters. The Hall–Kier alpha value is -2.08. The van der Waals surface area contributed by atoms with Gasteiger partial charge in [-0.2, -0.15) is 4.98 Å². The largest absolute Gasteiger partial charge is 0.370 e. The average molecular weight is 348 g/mol. The molecule has 7 heteroatoms. The molecule has 3 rings (SSSR count). The molecule has 2 heterocycles. The Balaban J connectivity index is 1.56. The number of hydrogen-bond acceptors (Lipinski definition) is 4. The standard InChI is InChI=1S/C17H22ClN5O/c18-14-7-5-6-13(12-14)16-21-15(24-22-16)8-9-20-17(19)23-10-3-1-2-4-11-23/h5-7,12H,1-4,8-11H2,(H2,19,20). The maximum atomic E-state index is 6.09. The van der Waals surface area contributed by atoms with Gasteiger partial charge in [0.2, 0.25) is 11.7 Å². The third-order valence-corrected chi connectivity index (χ3v) is 4.32. The molecule has 0 radical (unpaired) electrons. The van der Waals surface area contributed by atoms with E-state index in [0.717, 1.165) is 18.7 Å². The van der Waals surface area contributed by atoms with E-state index in [1.807, 2.05) is 24.3 Å². The predicted octanol–water partition coefficient (Wildman–Crippen LogP) is 3.12. The van der Waals surface area contributed by atoms with Crippen LogP contribution in [0.3, 0.4) is 0 Å². The van der Waals surface area contributed by atoms with Crippen molar-refractivity contribution in [3.8, 4) is 11.4 Å². The van der Waals surface area contributed by atoms with Gasteiger partial charge in [0.05, 0.1) is 6.54 Å². The molecule has 2 N–H and O–H groups in total. The van der Waals surface area contributed by atoms with Crippen molar-refractivity contribution in [1.82, 2.24) is 15.0 Å². The molecule has 1 saturated heterocycles. The summed E-state index contributed by atoms with van der Waals surface area (Å²) < 4.78 is 5.28. The lowest BCUT2D eigenvalue weighted by Gasteiger charge is -2.20. The second-order valence-electron chi connectivity index (χ2n) is 5.91. The van der Waals surface area contributed by atoms with Crippen LogP contribution >= 0.6 is 11.6 Å². The minimum atomic E-state index is 0.539. The zero-order valence-corrected chi connectivity index (χ0v) is 14.4. The molecule has 1 aromatic heterocycles. The first kappa shape index (κ1) is 16.8. The molecule has 1 aliphatic heterocycles. The van der Waals surface area contributed by atoms with Crippen LogP contribution in [0.25, 0.3) is 11.4 Å². The van der Waals surface area contributed by atoms with Crippen LogP contribution in [0.15, 0.2) is 33.8 Å². The van der Waals surface area contributed by atoms with Crippen molar-refractivity contribution < 1.29 is 4.52 Å². The Morgan fingerprint density at radius 3 is 2.79 bits per heavy atom. The molecular weight excluding hydrogens is 326 g/mol. The van der Waals surface area contributed by atoms with Gasteiger partial charge in [0, 0.05) is 30.1 Å². The summed E-state index contributed by atoms with van der Waals surface area (Å²) >= 11 is 5.98. The van der Waals surface area contributed by atoms with Gasteiger partial charge in [-0.3, -0.25) is 4.99 Å². The molecule has 128 valence electrons. The van der Waals surface area contributed by atoms with Crippen molar-refractivity contribution in [2.45, 2.75) is 32.1 Å².